The molecule has 1 aromatic heterocycles. The van der Waals surface area contributed by atoms with E-state index in [2.05, 4.69) is 10.4 Å². The molecular formula is C19H24ClFN4O4S. The van der Waals surface area contributed by atoms with Crippen LogP contribution in [0.3, 0.4) is 0 Å². The Labute approximate surface area is 180 Å². The highest BCUT2D eigenvalue weighted by Gasteiger charge is 2.29. The molecule has 2 aromatic rings. The van der Waals surface area contributed by atoms with Crippen molar-refractivity contribution in [1.82, 2.24) is 14.1 Å². The van der Waals surface area contributed by atoms with Crippen LogP contribution in [0.15, 0.2) is 23.1 Å². The molecule has 8 nitrogen and oxygen atoms in total. The number of amides is 1. The molecule has 1 fully saturated rings. The summed E-state index contributed by atoms with van der Waals surface area (Å²) in [6.07, 6.45) is 1.81. The second kappa shape index (κ2) is 9.42. The van der Waals surface area contributed by atoms with Crippen molar-refractivity contribution in [2.24, 2.45) is 0 Å². The maximum absolute atomic E-state index is 14.3. The van der Waals surface area contributed by atoms with Gasteiger partial charge in [0.25, 0.3) is 5.91 Å². The van der Waals surface area contributed by atoms with E-state index in [1.165, 1.54) is 10.4 Å². The molecule has 0 bridgehead atoms. The topological polar surface area (TPSA) is 93.5 Å². The van der Waals surface area contributed by atoms with Crippen LogP contribution in [0.1, 0.15) is 35.8 Å². The minimum absolute atomic E-state index is 0.143. The molecule has 1 amide bonds. The molecule has 3 rings (SSSR count). The van der Waals surface area contributed by atoms with Crippen LogP contribution >= 0.6 is 11.6 Å². The smallest absolute Gasteiger partial charge is 0.260 e. The molecule has 0 atom stereocenters. The lowest BCUT2D eigenvalue weighted by Crippen LogP contribution is -2.40. The Morgan fingerprint density at radius 1 is 1.33 bits per heavy atom. The molecule has 0 saturated carbocycles. The SMILES string of the molecule is CCCCn1nc(C)c(C(=O)Nc2ccc(F)c(S(=O)(=O)N3CCOCC3)c2)c1Cl. The number of ether oxygens (including phenoxy) is 1. The van der Waals surface area contributed by atoms with Gasteiger partial charge >= 0.3 is 0 Å². The zero-order valence-electron chi connectivity index (χ0n) is 16.8. The molecule has 164 valence electrons. The van der Waals surface area contributed by atoms with Crippen molar-refractivity contribution in [2.45, 2.75) is 38.1 Å². The fourth-order valence-corrected chi connectivity index (χ4v) is 5.01. The first-order chi connectivity index (χ1) is 14.3. The number of benzene rings is 1. The number of anilines is 1. The maximum atomic E-state index is 14.3. The lowest BCUT2D eigenvalue weighted by atomic mass is 10.2. The second-order valence-corrected chi connectivity index (χ2v) is 9.21. The first kappa shape index (κ1) is 22.7. The number of nitrogens with zero attached hydrogens (tertiary/aromatic N) is 3. The van der Waals surface area contributed by atoms with Gasteiger partial charge in [-0.2, -0.15) is 9.40 Å². The van der Waals surface area contributed by atoms with E-state index in [0.29, 0.717) is 12.2 Å². The molecule has 1 aliphatic heterocycles. The molecule has 1 aliphatic rings. The molecule has 2 heterocycles. The predicted octanol–water partition coefficient (Wildman–Crippen LogP) is 3.06. The summed E-state index contributed by atoms with van der Waals surface area (Å²) in [5.74, 6) is -1.43. The first-order valence-electron chi connectivity index (χ1n) is 9.67. The average Bonchev–Trinajstić information content (AvgIpc) is 3.01. The number of rotatable bonds is 7. The molecule has 11 heteroatoms. The number of halogens is 2. The summed E-state index contributed by atoms with van der Waals surface area (Å²) in [6.45, 7) is 5.07. The number of carbonyl (C=O) groups is 1. The van der Waals surface area contributed by atoms with Crippen molar-refractivity contribution >= 4 is 33.2 Å². The number of hydrogen-bond donors (Lipinski definition) is 1. The van der Waals surface area contributed by atoms with Crippen molar-refractivity contribution in [3.05, 3.63) is 40.4 Å². The molecule has 1 N–H and O–H groups in total. The highest BCUT2D eigenvalue weighted by molar-refractivity contribution is 7.89. The van der Waals surface area contributed by atoms with Crippen LogP contribution in [0.5, 0.6) is 0 Å². The summed E-state index contributed by atoms with van der Waals surface area (Å²) >= 11 is 6.32. The normalized spacial score (nSPS) is 15.3. The Kier molecular flexibility index (Phi) is 7.12. The number of sulfonamides is 1. The summed E-state index contributed by atoms with van der Waals surface area (Å²) in [6, 6.07) is 3.43. The summed E-state index contributed by atoms with van der Waals surface area (Å²) < 4.78 is 47.9. The van der Waals surface area contributed by atoms with Gasteiger partial charge in [0.2, 0.25) is 10.0 Å². The van der Waals surface area contributed by atoms with Gasteiger partial charge in [-0.1, -0.05) is 24.9 Å². The maximum Gasteiger partial charge on any atom is 0.260 e. The highest BCUT2D eigenvalue weighted by atomic mass is 35.5. The summed E-state index contributed by atoms with van der Waals surface area (Å²) in [7, 11) is -4.05. The fourth-order valence-electron chi connectivity index (χ4n) is 3.17. The van der Waals surface area contributed by atoms with Crippen LogP contribution in [0, 0.1) is 12.7 Å². The van der Waals surface area contributed by atoms with Crippen molar-refractivity contribution in [3.8, 4) is 0 Å². The molecular weight excluding hydrogens is 435 g/mol. The van der Waals surface area contributed by atoms with Gasteiger partial charge in [0, 0.05) is 25.3 Å². The third-order valence-corrected chi connectivity index (χ3v) is 7.09. The molecule has 0 aliphatic carbocycles. The van der Waals surface area contributed by atoms with Crippen molar-refractivity contribution in [2.75, 3.05) is 31.6 Å². The van der Waals surface area contributed by atoms with E-state index in [9.17, 15) is 17.6 Å². The number of morpholine rings is 1. The number of aryl methyl sites for hydroxylation is 2. The number of unbranched alkanes of at least 4 members (excludes halogenated alkanes) is 1. The second-order valence-electron chi connectivity index (χ2n) is 6.94. The summed E-state index contributed by atoms with van der Waals surface area (Å²) in [5, 5.41) is 7.10. The molecule has 1 aromatic carbocycles. The van der Waals surface area contributed by atoms with Gasteiger partial charge in [-0.3, -0.25) is 9.48 Å². The zero-order valence-corrected chi connectivity index (χ0v) is 18.4. The van der Waals surface area contributed by atoms with E-state index in [1.54, 1.807) is 11.6 Å². The van der Waals surface area contributed by atoms with Crippen molar-refractivity contribution < 1.29 is 22.3 Å². The van der Waals surface area contributed by atoms with E-state index < -0.39 is 26.6 Å². The van der Waals surface area contributed by atoms with Crippen LogP contribution < -0.4 is 5.32 Å². The Bertz CT molecular complexity index is 1040. The number of carbonyl (C=O) groups excluding carboxylic acids is 1. The van der Waals surface area contributed by atoms with Gasteiger partial charge in [-0.25, -0.2) is 12.8 Å². The molecule has 0 spiro atoms. The molecule has 0 unspecified atom stereocenters. The zero-order chi connectivity index (χ0) is 21.9. The third kappa shape index (κ3) is 4.66. The minimum atomic E-state index is -4.05. The summed E-state index contributed by atoms with van der Waals surface area (Å²) in [5.41, 5.74) is 0.802. The van der Waals surface area contributed by atoms with Crippen LogP contribution in [0.2, 0.25) is 5.15 Å². The number of hydrogen-bond acceptors (Lipinski definition) is 5. The lowest BCUT2D eigenvalue weighted by molar-refractivity contribution is 0.0729. The molecule has 30 heavy (non-hydrogen) atoms. The Morgan fingerprint density at radius 3 is 2.70 bits per heavy atom. The van der Waals surface area contributed by atoms with Crippen LogP contribution in [0.25, 0.3) is 0 Å². The molecule has 1 saturated heterocycles. The standard InChI is InChI=1S/C19H24ClFN4O4S/c1-3-4-7-25-18(20)17(13(2)23-25)19(26)22-14-5-6-15(21)16(12-14)30(27,28)24-8-10-29-11-9-24/h5-6,12H,3-4,7-11H2,1-2H3,(H,22,26). The van der Waals surface area contributed by atoms with Gasteiger partial charge in [0.05, 0.1) is 24.5 Å². The monoisotopic (exact) mass is 458 g/mol. The predicted molar refractivity (Wildman–Crippen MR) is 111 cm³/mol. The van der Waals surface area contributed by atoms with E-state index in [1.807, 2.05) is 6.92 Å². The first-order valence-corrected chi connectivity index (χ1v) is 11.5. The van der Waals surface area contributed by atoms with Crippen LogP contribution in [-0.2, 0) is 21.3 Å². The fraction of sp³-hybridized carbons (Fsp3) is 0.474. The van der Waals surface area contributed by atoms with E-state index in [0.717, 1.165) is 25.0 Å². The number of nitrogens with one attached hydrogen (secondary N) is 1. The van der Waals surface area contributed by atoms with Gasteiger partial charge in [-0.05, 0) is 31.5 Å². The quantitative estimate of drug-likeness (QED) is 0.688. The molecule has 0 radical (unpaired) electrons. The van der Waals surface area contributed by atoms with Gasteiger partial charge in [0.15, 0.2) is 0 Å². The van der Waals surface area contributed by atoms with E-state index in [4.69, 9.17) is 16.3 Å². The minimum Gasteiger partial charge on any atom is -0.379 e. The van der Waals surface area contributed by atoms with Crippen molar-refractivity contribution in [3.63, 3.8) is 0 Å². The third-order valence-electron chi connectivity index (χ3n) is 4.79. The van der Waals surface area contributed by atoms with Crippen LogP contribution in [-0.4, -0.2) is 54.7 Å². The Balaban J connectivity index is 1.85. The average molecular weight is 459 g/mol. The number of aromatic nitrogens is 2. The lowest BCUT2D eigenvalue weighted by Gasteiger charge is -2.26. The van der Waals surface area contributed by atoms with E-state index >= 15 is 0 Å². The van der Waals surface area contributed by atoms with Gasteiger partial charge < -0.3 is 10.1 Å². The Hall–Kier alpha value is -2.01. The van der Waals surface area contributed by atoms with Gasteiger partial charge in [0.1, 0.15) is 15.9 Å². The van der Waals surface area contributed by atoms with Crippen molar-refractivity contribution in [1.29, 1.82) is 0 Å². The highest BCUT2D eigenvalue weighted by Crippen LogP contribution is 2.26. The summed E-state index contributed by atoms with van der Waals surface area (Å²) in [4.78, 5) is 12.3. The van der Waals surface area contributed by atoms with E-state index in [-0.39, 0.29) is 42.7 Å². The van der Waals surface area contributed by atoms with Crippen LogP contribution in [0.4, 0.5) is 10.1 Å². The van der Waals surface area contributed by atoms with Gasteiger partial charge in [-0.15, -0.1) is 0 Å². The largest absolute Gasteiger partial charge is 0.379 e. The Morgan fingerprint density at radius 2 is 2.03 bits per heavy atom.